The van der Waals surface area contributed by atoms with Crippen LogP contribution < -0.4 is 24.3 Å². The summed E-state index contributed by atoms with van der Waals surface area (Å²) in [6, 6.07) is 18.5. The number of carbonyl (C=O) groups is 1. The van der Waals surface area contributed by atoms with E-state index in [4.69, 9.17) is 18.9 Å². The molecule has 0 aromatic heterocycles. The molecule has 0 saturated carbocycles. The molecule has 1 aliphatic heterocycles. The Labute approximate surface area is 211 Å². The maximum absolute atomic E-state index is 12.6. The van der Waals surface area contributed by atoms with Crippen LogP contribution in [0.3, 0.4) is 0 Å². The van der Waals surface area contributed by atoms with Gasteiger partial charge in [0.15, 0.2) is 23.0 Å². The minimum absolute atomic E-state index is 0.0209. The first-order valence-electron chi connectivity index (χ1n) is 10.4. The Hall–Kier alpha value is -3.71. The molecule has 0 saturated heterocycles. The highest BCUT2D eigenvalue weighted by molar-refractivity contribution is 14.1. The zero-order chi connectivity index (χ0) is 24.1. The van der Waals surface area contributed by atoms with E-state index in [0.29, 0.717) is 40.9 Å². The van der Waals surface area contributed by atoms with Crippen LogP contribution in [0.4, 0.5) is 5.69 Å². The molecule has 8 heteroatoms. The van der Waals surface area contributed by atoms with Gasteiger partial charge < -0.3 is 24.3 Å². The van der Waals surface area contributed by atoms with Gasteiger partial charge in [-0.15, -0.1) is 0 Å². The number of nitrogens with one attached hydrogen (secondary N) is 1. The molecule has 1 N–H and O–H groups in total. The molecule has 0 atom stereocenters. The topological polar surface area (TPSA) is 89.8 Å². The zero-order valence-electron chi connectivity index (χ0n) is 18.6. The highest BCUT2D eigenvalue weighted by Gasteiger charge is 2.16. The van der Waals surface area contributed by atoms with E-state index >= 15 is 0 Å². The maximum Gasteiger partial charge on any atom is 0.266 e. The average Bonchev–Trinajstić information content (AvgIpc) is 3.31. The fraction of sp³-hybridized carbons (Fsp3) is 0.154. The maximum atomic E-state index is 12.6. The molecule has 3 aromatic carbocycles. The summed E-state index contributed by atoms with van der Waals surface area (Å²) >= 11 is 2.14. The van der Waals surface area contributed by atoms with Crippen molar-refractivity contribution in [1.29, 1.82) is 5.26 Å². The molecule has 7 nitrogen and oxygen atoms in total. The van der Waals surface area contributed by atoms with Crippen molar-refractivity contribution >= 4 is 40.3 Å². The molecular weight excluding hydrogens is 547 g/mol. The van der Waals surface area contributed by atoms with Crippen molar-refractivity contribution in [2.24, 2.45) is 0 Å². The van der Waals surface area contributed by atoms with Gasteiger partial charge in [0.1, 0.15) is 18.2 Å². The molecule has 0 spiro atoms. The molecule has 34 heavy (non-hydrogen) atoms. The first-order valence-corrected chi connectivity index (χ1v) is 11.4. The number of nitrogens with zero attached hydrogens (tertiary/aromatic N) is 1. The number of rotatable bonds is 7. The van der Waals surface area contributed by atoms with Crippen molar-refractivity contribution in [3.63, 3.8) is 0 Å². The Kier molecular flexibility index (Phi) is 7.23. The number of nitriles is 1. The lowest BCUT2D eigenvalue weighted by Gasteiger charge is -2.14. The molecule has 1 amide bonds. The number of fused-ring (bicyclic) bond motifs is 1. The predicted molar refractivity (Wildman–Crippen MR) is 136 cm³/mol. The van der Waals surface area contributed by atoms with Gasteiger partial charge in [-0.3, -0.25) is 4.79 Å². The molecule has 1 heterocycles. The summed E-state index contributed by atoms with van der Waals surface area (Å²) in [7, 11) is 1.54. The van der Waals surface area contributed by atoms with Crippen LogP contribution >= 0.6 is 22.6 Å². The average molecular weight is 568 g/mol. The number of benzene rings is 3. The van der Waals surface area contributed by atoms with Gasteiger partial charge in [-0.2, -0.15) is 5.26 Å². The van der Waals surface area contributed by atoms with Crippen molar-refractivity contribution in [3.05, 3.63) is 80.4 Å². The number of halogens is 1. The van der Waals surface area contributed by atoms with E-state index < -0.39 is 5.91 Å². The lowest BCUT2D eigenvalue weighted by atomic mass is 10.1. The first-order chi connectivity index (χ1) is 16.5. The van der Waals surface area contributed by atoms with Crippen LogP contribution in [0.15, 0.2) is 60.2 Å². The molecule has 0 bridgehead atoms. The quantitative estimate of drug-likeness (QED) is 0.231. The second kappa shape index (κ2) is 10.5. The summed E-state index contributed by atoms with van der Waals surface area (Å²) in [6.07, 6.45) is 1.52. The van der Waals surface area contributed by atoms with Crippen LogP contribution in [-0.2, 0) is 11.4 Å². The highest BCUT2D eigenvalue weighted by Crippen LogP contribution is 2.36. The largest absolute Gasteiger partial charge is 0.493 e. The van der Waals surface area contributed by atoms with Crippen molar-refractivity contribution in [3.8, 4) is 29.1 Å². The van der Waals surface area contributed by atoms with Gasteiger partial charge in [0.2, 0.25) is 6.79 Å². The molecule has 4 rings (SSSR count). The number of amides is 1. The lowest BCUT2D eigenvalue weighted by molar-refractivity contribution is -0.112. The number of methoxy groups -OCH3 is 1. The monoisotopic (exact) mass is 568 g/mol. The smallest absolute Gasteiger partial charge is 0.266 e. The zero-order valence-corrected chi connectivity index (χ0v) is 20.7. The Morgan fingerprint density at radius 1 is 1.15 bits per heavy atom. The van der Waals surface area contributed by atoms with Gasteiger partial charge in [0.05, 0.1) is 10.7 Å². The van der Waals surface area contributed by atoms with E-state index in [1.165, 1.54) is 6.08 Å². The van der Waals surface area contributed by atoms with Crippen LogP contribution in [0.1, 0.15) is 16.7 Å². The van der Waals surface area contributed by atoms with E-state index in [0.717, 1.165) is 14.7 Å². The van der Waals surface area contributed by atoms with Crippen LogP contribution in [0.25, 0.3) is 6.08 Å². The number of anilines is 1. The van der Waals surface area contributed by atoms with Crippen molar-refractivity contribution in [1.82, 2.24) is 0 Å². The van der Waals surface area contributed by atoms with E-state index in [2.05, 4.69) is 27.9 Å². The SMILES string of the molecule is COc1cc(/C=C(/C#N)C(=O)Nc2ccc(C)cc2)cc(I)c1OCc1ccc2c(c1)OCO2. The fourth-order valence-electron chi connectivity index (χ4n) is 3.30. The van der Waals surface area contributed by atoms with Crippen LogP contribution in [0.2, 0.25) is 0 Å². The molecule has 1 aliphatic rings. The Morgan fingerprint density at radius 3 is 2.65 bits per heavy atom. The van der Waals surface area contributed by atoms with Crippen molar-refractivity contribution < 1.29 is 23.7 Å². The second-order valence-electron chi connectivity index (χ2n) is 7.50. The number of hydrogen-bond acceptors (Lipinski definition) is 6. The van der Waals surface area contributed by atoms with E-state index in [-0.39, 0.29) is 12.4 Å². The van der Waals surface area contributed by atoms with Crippen LogP contribution in [0.5, 0.6) is 23.0 Å². The fourth-order valence-corrected chi connectivity index (χ4v) is 4.08. The third kappa shape index (κ3) is 5.43. The predicted octanol–water partition coefficient (Wildman–Crippen LogP) is 5.46. The summed E-state index contributed by atoms with van der Waals surface area (Å²) in [5.74, 6) is 1.99. The van der Waals surface area contributed by atoms with Crippen LogP contribution in [0, 0.1) is 21.8 Å². The summed E-state index contributed by atoms with van der Waals surface area (Å²) in [5, 5.41) is 12.3. The molecule has 0 aliphatic carbocycles. The van der Waals surface area contributed by atoms with E-state index in [9.17, 15) is 10.1 Å². The summed E-state index contributed by atoms with van der Waals surface area (Å²) in [5.41, 5.74) is 3.25. The van der Waals surface area contributed by atoms with Gasteiger partial charge in [0.25, 0.3) is 5.91 Å². The normalized spacial score (nSPS) is 12.1. The van der Waals surface area contributed by atoms with Crippen LogP contribution in [-0.4, -0.2) is 19.8 Å². The first kappa shape index (κ1) is 23.4. The van der Waals surface area contributed by atoms with Gasteiger partial charge in [-0.25, -0.2) is 0 Å². The molecule has 0 fully saturated rings. The Bertz CT molecular complexity index is 1300. The van der Waals surface area contributed by atoms with E-state index in [1.807, 2.05) is 49.4 Å². The molecular formula is C26H21IN2O5. The standard InChI is InChI=1S/C26H21IN2O5/c1-16-3-6-20(7-4-16)29-26(30)19(13-28)9-18-10-21(27)25(24(12-18)31-2)32-14-17-5-8-22-23(11-17)34-15-33-22/h3-12H,14-15H2,1-2H3,(H,29,30)/b19-9-. The number of hydrogen-bond donors (Lipinski definition) is 1. The van der Waals surface area contributed by atoms with Gasteiger partial charge in [-0.05, 0) is 83.1 Å². The van der Waals surface area contributed by atoms with E-state index in [1.54, 1.807) is 25.3 Å². The number of aryl methyl sites for hydroxylation is 1. The Morgan fingerprint density at radius 2 is 1.91 bits per heavy atom. The summed E-state index contributed by atoms with van der Waals surface area (Å²) in [4.78, 5) is 12.6. The third-order valence-electron chi connectivity index (χ3n) is 5.06. The molecule has 172 valence electrons. The molecule has 3 aromatic rings. The van der Waals surface area contributed by atoms with Crippen molar-refractivity contribution in [2.75, 3.05) is 19.2 Å². The van der Waals surface area contributed by atoms with Gasteiger partial charge >= 0.3 is 0 Å². The number of ether oxygens (including phenoxy) is 4. The minimum atomic E-state index is -0.483. The summed E-state index contributed by atoms with van der Waals surface area (Å²) < 4.78 is 23.1. The molecule has 0 unspecified atom stereocenters. The van der Waals surface area contributed by atoms with Gasteiger partial charge in [-0.1, -0.05) is 23.8 Å². The Balaban J connectivity index is 1.51. The molecule has 0 radical (unpaired) electrons. The highest BCUT2D eigenvalue weighted by atomic mass is 127. The van der Waals surface area contributed by atoms with Crippen molar-refractivity contribution in [2.45, 2.75) is 13.5 Å². The van der Waals surface area contributed by atoms with Gasteiger partial charge in [0, 0.05) is 5.69 Å². The second-order valence-corrected chi connectivity index (χ2v) is 8.66. The lowest BCUT2D eigenvalue weighted by Crippen LogP contribution is -2.13. The number of carbonyl (C=O) groups excluding carboxylic acids is 1. The third-order valence-corrected chi connectivity index (χ3v) is 5.86. The minimum Gasteiger partial charge on any atom is -0.493 e. The summed E-state index contributed by atoms with van der Waals surface area (Å²) in [6.45, 7) is 2.48.